The lowest BCUT2D eigenvalue weighted by Crippen LogP contribution is -1.89. The monoisotopic (exact) mass is 290 g/mol. The van der Waals surface area contributed by atoms with Crippen LogP contribution in [0.2, 0.25) is 5.02 Å². The van der Waals surface area contributed by atoms with Gasteiger partial charge < -0.3 is 10.5 Å². The first-order valence-electron chi connectivity index (χ1n) is 5.68. The van der Waals surface area contributed by atoms with E-state index < -0.39 is 0 Å². The third kappa shape index (κ3) is 2.13. The van der Waals surface area contributed by atoms with Crippen molar-refractivity contribution in [2.24, 2.45) is 0 Å². The summed E-state index contributed by atoms with van der Waals surface area (Å²) in [6.07, 6.45) is 0. The van der Waals surface area contributed by atoms with Crippen LogP contribution in [0.4, 0.5) is 5.69 Å². The number of nitrogens with zero attached hydrogens (tertiary/aromatic N) is 1. The number of benzene rings is 2. The summed E-state index contributed by atoms with van der Waals surface area (Å²) in [5, 5.41) is 1.44. The minimum absolute atomic E-state index is 0.617. The Bertz CT molecular complexity index is 734. The van der Waals surface area contributed by atoms with E-state index in [1.54, 1.807) is 18.4 Å². The van der Waals surface area contributed by atoms with E-state index in [1.807, 2.05) is 36.4 Å². The number of thiazole rings is 1. The number of nitrogens with two attached hydrogens (primary N) is 1. The van der Waals surface area contributed by atoms with Crippen molar-refractivity contribution in [3.8, 4) is 16.3 Å². The van der Waals surface area contributed by atoms with Gasteiger partial charge in [-0.15, -0.1) is 11.3 Å². The number of hydrogen-bond acceptors (Lipinski definition) is 4. The van der Waals surface area contributed by atoms with Crippen molar-refractivity contribution in [1.29, 1.82) is 0 Å². The van der Waals surface area contributed by atoms with Gasteiger partial charge in [-0.2, -0.15) is 0 Å². The van der Waals surface area contributed by atoms with Gasteiger partial charge in [-0.3, -0.25) is 0 Å². The first-order valence-corrected chi connectivity index (χ1v) is 6.87. The molecule has 2 N–H and O–H groups in total. The molecule has 3 aromatic rings. The van der Waals surface area contributed by atoms with Crippen LogP contribution in [-0.4, -0.2) is 12.1 Å². The summed E-state index contributed by atoms with van der Waals surface area (Å²) in [6, 6.07) is 11.3. The molecule has 0 unspecified atom stereocenters. The van der Waals surface area contributed by atoms with E-state index in [4.69, 9.17) is 22.1 Å². The number of aromatic nitrogens is 1. The molecule has 0 aliphatic heterocycles. The number of nitrogen functional groups attached to an aromatic ring is 1. The number of methoxy groups -OCH3 is 1. The Labute approximate surface area is 119 Å². The number of anilines is 1. The maximum absolute atomic E-state index is 6.21. The zero-order valence-corrected chi connectivity index (χ0v) is 11.8. The van der Waals surface area contributed by atoms with Crippen LogP contribution in [0.3, 0.4) is 0 Å². The van der Waals surface area contributed by atoms with Crippen molar-refractivity contribution >= 4 is 38.8 Å². The second kappa shape index (κ2) is 4.72. The number of fused-ring (bicyclic) bond motifs is 1. The van der Waals surface area contributed by atoms with Gasteiger partial charge >= 0.3 is 0 Å². The Kier molecular flexibility index (Phi) is 3.05. The lowest BCUT2D eigenvalue weighted by Gasteiger charge is -2.03. The highest BCUT2D eigenvalue weighted by Crippen LogP contribution is 2.38. The van der Waals surface area contributed by atoms with Gasteiger partial charge in [0.15, 0.2) is 0 Å². The van der Waals surface area contributed by atoms with Gasteiger partial charge in [0.05, 0.1) is 27.9 Å². The van der Waals surface area contributed by atoms with E-state index >= 15 is 0 Å². The van der Waals surface area contributed by atoms with Crippen LogP contribution in [0.25, 0.3) is 20.8 Å². The maximum atomic E-state index is 6.21. The molecule has 0 aliphatic rings. The Morgan fingerprint density at radius 3 is 2.84 bits per heavy atom. The Hall–Kier alpha value is -1.78. The molecule has 0 saturated heterocycles. The fourth-order valence-corrected chi connectivity index (χ4v) is 3.31. The molecule has 0 saturated carbocycles. The molecular formula is C14H11ClN2OS. The highest BCUT2D eigenvalue weighted by Gasteiger charge is 2.13. The molecule has 0 atom stereocenters. The van der Waals surface area contributed by atoms with E-state index in [0.717, 1.165) is 26.5 Å². The zero-order valence-electron chi connectivity index (χ0n) is 10.2. The predicted molar refractivity (Wildman–Crippen MR) is 81.0 cm³/mol. The van der Waals surface area contributed by atoms with Crippen molar-refractivity contribution < 1.29 is 4.74 Å². The molecule has 0 bridgehead atoms. The second-order valence-corrected chi connectivity index (χ2v) is 5.49. The normalized spacial score (nSPS) is 10.8. The van der Waals surface area contributed by atoms with Crippen LogP contribution in [0, 0.1) is 0 Å². The lowest BCUT2D eigenvalue weighted by atomic mass is 10.2. The predicted octanol–water partition coefficient (Wildman–Crippen LogP) is 4.21. The van der Waals surface area contributed by atoms with Gasteiger partial charge in [0.1, 0.15) is 10.8 Å². The number of halogens is 1. The quantitative estimate of drug-likeness (QED) is 0.719. The molecule has 0 radical (unpaired) electrons. The van der Waals surface area contributed by atoms with E-state index in [2.05, 4.69) is 4.98 Å². The van der Waals surface area contributed by atoms with E-state index in [1.165, 1.54) is 0 Å². The van der Waals surface area contributed by atoms with Crippen molar-refractivity contribution in [3.63, 3.8) is 0 Å². The van der Waals surface area contributed by atoms with Gasteiger partial charge in [-0.1, -0.05) is 17.7 Å². The average Bonchev–Trinajstić information content (AvgIpc) is 2.80. The van der Waals surface area contributed by atoms with Gasteiger partial charge in [0.2, 0.25) is 0 Å². The van der Waals surface area contributed by atoms with Crippen LogP contribution < -0.4 is 10.5 Å². The minimum Gasteiger partial charge on any atom is -0.497 e. The fourth-order valence-electron chi connectivity index (χ4n) is 1.91. The second-order valence-electron chi connectivity index (χ2n) is 4.06. The highest BCUT2D eigenvalue weighted by molar-refractivity contribution is 7.21. The largest absolute Gasteiger partial charge is 0.497 e. The Balaban J connectivity index is 2.21. The van der Waals surface area contributed by atoms with Crippen molar-refractivity contribution in [3.05, 3.63) is 41.4 Å². The maximum Gasteiger partial charge on any atom is 0.128 e. The molecule has 1 aromatic heterocycles. The summed E-state index contributed by atoms with van der Waals surface area (Å²) in [6.45, 7) is 0. The van der Waals surface area contributed by atoms with Crippen molar-refractivity contribution in [2.75, 3.05) is 12.8 Å². The molecule has 2 aromatic carbocycles. The number of ether oxygens (including phenoxy) is 1. The highest BCUT2D eigenvalue weighted by atomic mass is 35.5. The summed E-state index contributed by atoms with van der Waals surface area (Å²) in [5.41, 5.74) is 8.34. The molecule has 0 spiro atoms. The topological polar surface area (TPSA) is 48.1 Å². The SMILES string of the molecule is COc1ccc2nc(-c3c(N)cccc3Cl)sc2c1. The summed E-state index contributed by atoms with van der Waals surface area (Å²) in [5.74, 6) is 0.815. The third-order valence-corrected chi connectivity index (χ3v) is 4.21. The van der Waals surface area contributed by atoms with Crippen molar-refractivity contribution in [2.45, 2.75) is 0 Å². The van der Waals surface area contributed by atoms with Crippen LogP contribution >= 0.6 is 22.9 Å². The summed E-state index contributed by atoms with van der Waals surface area (Å²) >= 11 is 7.76. The summed E-state index contributed by atoms with van der Waals surface area (Å²) in [4.78, 5) is 4.58. The standard InChI is InChI=1S/C14H11ClN2OS/c1-18-8-5-6-11-12(7-8)19-14(17-11)13-9(15)3-2-4-10(13)16/h2-7H,16H2,1H3. The molecule has 19 heavy (non-hydrogen) atoms. The molecule has 0 amide bonds. The number of rotatable bonds is 2. The number of hydrogen-bond donors (Lipinski definition) is 1. The summed E-state index contributed by atoms with van der Waals surface area (Å²) in [7, 11) is 1.65. The lowest BCUT2D eigenvalue weighted by molar-refractivity contribution is 0.415. The molecule has 5 heteroatoms. The molecule has 96 valence electrons. The molecule has 0 fully saturated rings. The van der Waals surface area contributed by atoms with Gasteiger partial charge in [0.25, 0.3) is 0 Å². The molecule has 3 nitrogen and oxygen atoms in total. The van der Waals surface area contributed by atoms with E-state index in [0.29, 0.717) is 10.7 Å². The Morgan fingerprint density at radius 1 is 1.26 bits per heavy atom. The summed E-state index contributed by atoms with van der Waals surface area (Å²) < 4.78 is 6.26. The first kappa shape index (κ1) is 12.3. The first-order chi connectivity index (χ1) is 9.19. The smallest absolute Gasteiger partial charge is 0.128 e. The zero-order chi connectivity index (χ0) is 13.4. The molecular weight excluding hydrogens is 280 g/mol. The molecule has 1 heterocycles. The van der Waals surface area contributed by atoms with Gasteiger partial charge in [0, 0.05) is 5.69 Å². The van der Waals surface area contributed by atoms with E-state index in [9.17, 15) is 0 Å². The minimum atomic E-state index is 0.617. The van der Waals surface area contributed by atoms with E-state index in [-0.39, 0.29) is 0 Å². The molecule has 3 rings (SSSR count). The fraction of sp³-hybridized carbons (Fsp3) is 0.0714. The van der Waals surface area contributed by atoms with Crippen LogP contribution in [0.5, 0.6) is 5.75 Å². The van der Waals surface area contributed by atoms with Crippen molar-refractivity contribution in [1.82, 2.24) is 4.98 Å². The molecule has 0 aliphatic carbocycles. The Morgan fingerprint density at radius 2 is 2.11 bits per heavy atom. The van der Waals surface area contributed by atoms with Gasteiger partial charge in [-0.05, 0) is 30.3 Å². The van der Waals surface area contributed by atoms with Crippen LogP contribution in [0.1, 0.15) is 0 Å². The van der Waals surface area contributed by atoms with Crippen LogP contribution in [0.15, 0.2) is 36.4 Å². The van der Waals surface area contributed by atoms with Crippen LogP contribution in [-0.2, 0) is 0 Å². The third-order valence-electron chi connectivity index (χ3n) is 2.86. The average molecular weight is 291 g/mol. The van der Waals surface area contributed by atoms with Gasteiger partial charge in [-0.25, -0.2) is 4.98 Å².